The zero-order chi connectivity index (χ0) is 10.7. The highest BCUT2D eigenvalue weighted by Gasteiger charge is 2.33. The first kappa shape index (κ1) is 10.9. The molecule has 0 amide bonds. The van der Waals surface area contributed by atoms with Crippen LogP contribution in [-0.2, 0) is 9.53 Å². The Morgan fingerprint density at radius 1 is 1.27 bits per heavy atom. The second-order valence-electron chi connectivity index (χ2n) is 4.57. The van der Waals surface area contributed by atoms with Crippen molar-refractivity contribution in [2.45, 2.75) is 44.3 Å². The number of hydrogen-bond acceptors (Lipinski definition) is 3. The fourth-order valence-corrected chi connectivity index (χ4v) is 2.49. The van der Waals surface area contributed by atoms with Crippen molar-refractivity contribution in [1.82, 2.24) is 4.90 Å². The normalized spacial score (nSPS) is 30.7. The summed E-state index contributed by atoms with van der Waals surface area (Å²) in [6, 6.07) is 0. The van der Waals surface area contributed by atoms with Crippen molar-refractivity contribution in [2.24, 2.45) is 0 Å². The van der Waals surface area contributed by atoms with Crippen molar-refractivity contribution in [2.75, 3.05) is 19.6 Å². The maximum absolute atomic E-state index is 10.3. The maximum Gasteiger partial charge on any atom is 0.303 e. The first-order chi connectivity index (χ1) is 7.24. The van der Waals surface area contributed by atoms with Gasteiger partial charge >= 0.3 is 5.97 Å². The third kappa shape index (κ3) is 3.18. The van der Waals surface area contributed by atoms with Gasteiger partial charge in [-0.3, -0.25) is 9.69 Å². The number of ether oxygens (including phenoxy) is 1. The van der Waals surface area contributed by atoms with E-state index in [1.165, 1.54) is 12.8 Å². The lowest BCUT2D eigenvalue weighted by atomic mass is 10.2. The second-order valence-corrected chi connectivity index (χ2v) is 4.57. The van der Waals surface area contributed by atoms with Gasteiger partial charge in [0, 0.05) is 19.5 Å². The minimum Gasteiger partial charge on any atom is -0.481 e. The monoisotopic (exact) mass is 213 g/mol. The van der Waals surface area contributed by atoms with Crippen LogP contribution in [0.3, 0.4) is 0 Å². The van der Waals surface area contributed by atoms with Crippen LogP contribution in [0.15, 0.2) is 0 Å². The molecule has 2 rings (SSSR count). The van der Waals surface area contributed by atoms with Crippen molar-refractivity contribution in [3.63, 3.8) is 0 Å². The van der Waals surface area contributed by atoms with E-state index in [1.807, 2.05) is 0 Å². The summed E-state index contributed by atoms with van der Waals surface area (Å²) in [4.78, 5) is 12.8. The van der Waals surface area contributed by atoms with Crippen LogP contribution in [0.5, 0.6) is 0 Å². The first-order valence-corrected chi connectivity index (χ1v) is 5.83. The highest BCUT2D eigenvalue weighted by atomic mass is 16.5. The Morgan fingerprint density at radius 3 is 2.53 bits per heavy atom. The predicted molar refractivity (Wildman–Crippen MR) is 55.8 cm³/mol. The molecule has 2 atom stereocenters. The zero-order valence-corrected chi connectivity index (χ0v) is 9.02. The largest absolute Gasteiger partial charge is 0.481 e. The van der Waals surface area contributed by atoms with Gasteiger partial charge in [0.25, 0.3) is 0 Å². The average Bonchev–Trinajstić information content (AvgIpc) is 2.53. The molecule has 2 heterocycles. The molecule has 86 valence electrons. The quantitative estimate of drug-likeness (QED) is 0.695. The number of likely N-dealkylation sites (tertiary alicyclic amines) is 1. The molecule has 0 aliphatic carbocycles. The molecule has 0 aromatic heterocycles. The van der Waals surface area contributed by atoms with Crippen LogP contribution in [0.25, 0.3) is 0 Å². The lowest BCUT2D eigenvalue weighted by Crippen LogP contribution is -2.42. The summed E-state index contributed by atoms with van der Waals surface area (Å²) in [6.45, 7) is 3.12. The van der Waals surface area contributed by atoms with Crippen molar-refractivity contribution >= 4 is 5.97 Å². The summed E-state index contributed by atoms with van der Waals surface area (Å²) in [5, 5.41) is 8.51. The molecule has 0 aromatic rings. The Morgan fingerprint density at radius 2 is 1.93 bits per heavy atom. The van der Waals surface area contributed by atoms with E-state index in [0.29, 0.717) is 18.6 Å². The molecular weight excluding hydrogens is 194 g/mol. The van der Waals surface area contributed by atoms with Gasteiger partial charge in [-0.1, -0.05) is 0 Å². The summed E-state index contributed by atoms with van der Waals surface area (Å²) in [7, 11) is 0. The molecule has 0 spiro atoms. The Kier molecular flexibility index (Phi) is 3.59. The van der Waals surface area contributed by atoms with E-state index in [4.69, 9.17) is 9.84 Å². The highest BCUT2D eigenvalue weighted by molar-refractivity contribution is 5.66. The minimum atomic E-state index is -0.683. The van der Waals surface area contributed by atoms with Crippen LogP contribution in [0, 0.1) is 0 Å². The number of carbonyl (C=O) groups is 1. The van der Waals surface area contributed by atoms with Crippen molar-refractivity contribution in [1.29, 1.82) is 0 Å². The summed E-state index contributed by atoms with van der Waals surface area (Å²) in [5.74, 6) is -0.683. The average molecular weight is 213 g/mol. The van der Waals surface area contributed by atoms with E-state index < -0.39 is 5.97 Å². The van der Waals surface area contributed by atoms with Gasteiger partial charge in [-0.25, -0.2) is 0 Å². The Balaban J connectivity index is 1.61. The standard InChI is InChI=1S/C11H19NO3/c13-11(14)3-1-2-6-12-7-9-4-5-10(8-12)15-9/h9-10H,1-8H2,(H,13,14). The number of nitrogens with zero attached hydrogens (tertiary/aromatic N) is 1. The summed E-state index contributed by atoms with van der Waals surface area (Å²) in [6.07, 6.45) is 5.39. The molecule has 4 heteroatoms. The van der Waals surface area contributed by atoms with E-state index >= 15 is 0 Å². The van der Waals surface area contributed by atoms with Gasteiger partial charge in [-0.15, -0.1) is 0 Å². The van der Waals surface area contributed by atoms with Crippen molar-refractivity contribution < 1.29 is 14.6 Å². The number of unbranched alkanes of at least 4 members (excludes halogenated alkanes) is 1. The number of morpholine rings is 1. The topological polar surface area (TPSA) is 49.8 Å². The third-order valence-corrected chi connectivity index (χ3v) is 3.23. The summed E-state index contributed by atoms with van der Waals surface area (Å²) in [5.41, 5.74) is 0. The Labute approximate surface area is 90.2 Å². The molecule has 2 aliphatic rings. The van der Waals surface area contributed by atoms with Crippen LogP contribution in [0.4, 0.5) is 0 Å². The van der Waals surface area contributed by atoms with Crippen molar-refractivity contribution in [3.8, 4) is 0 Å². The SMILES string of the molecule is O=C(O)CCCCN1CC2CCC(C1)O2. The van der Waals surface area contributed by atoms with Crippen LogP contribution < -0.4 is 0 Å². The number of rotatable bonds is 5. The highest BCUT2D eigenvalue weighted by Crippen LogP contribution is 2.26. The smallest absolute Gasteiger partial charge is 0.303 e. The van der Waals surface area contributed by atoms with E-state index in [2.05, 4.69) is 4.90 Å². The van der Waals surface area contributed by atoms with Crippen LogP contribution in [0.1, 0.15) is 32.1 Å². The lowest BCUT2D eigenvalue weighted by Gasteiger charge is -2.31. The number of aliphatic carboxylic acids is 1. The molecule has 1 N–H and O–H groups in total. The fraction of sp³-hybridized carbons (Fsp3) is 0.909. The number of carboxylic acid groups (broad SMARTS) is 1. The second kappa shape index (κ2) is 4.94. The van der Waals surface area contributed by atoms with Crippen LogP contribution >= 0.6 is 0 Å². The van der Waals surface area contributed by atoms with E-state index in [-0.39, 0.29) is 0 Å². The number of carboxylic acids is 1. The molecule has 0 saturated carbocycles. The van der Waals surface area contributed by atoms with Crippen LogP contribution in [-0.4, -0.2) is 47.8 Å². The van der Waals surface area contributed by atoms with E-state index in [1.54, 1.807) is 0 Å². The van der Waals surface area contributed by atoms with Gasteiger partial charge in [0.2, 0.25) is 0 Å². The fourth-order valence-electron chi connectivity index (χ4n) is 2.49. The number of fused-ring (bicyclic) bond motifs is 2. The number of hydrogen-bond donors (Lipinski definition) is 1. The summed E-state index contributed by atoms with van der Waals surface area (Å²) >= 11 is 0. The Bertz CT molecular complexity index is 220. The molecule has 2 bridgehead atoms. The molecule has 2 saturated heterocycles. The van der Waals surface area contributed by atoms with Gasteiger partial charge in [0.15, 0.2) is 0 Å². The third-order valence-electron chi connectivity index (χ3n) is 3.23. The van der Waals surface area contributed by atoms with Gasteiger partial charge in [-0.2, -0.15) is 0 Å². The molecule has 2 unspecified atom stereocenters. The molecule has 15 heavy (non-hydrogen) atoms. The minimum absolute atomic E-state index is 0.303. The molecule has 2 fully saturated rings. The molecule has 4 nitrogen and oxygen atoms in total. The van der Waals surface area contributed by atoms with Gasteiger partial charge in [0.05, 0.1) is 12.2 Å². The molecule has 2 aliphatic heterocycles. The van der Waals surface area contributed by atoms with Crippen LogP contribution in [0.2, 0.25) is 0 Å². The summed E-state index contributed by atoms with van der Waals surface area (Å²) < 4.78 is 5.74. The Hall–Kier alpha value is -0.610. The van der Waals surface area contributed by atoms with Gasteiger partial charge in [0.1, 0.15) is 0 Å². The van der Waals surface area contributed by atoms with Gasteiger partial charge in [-0.05, 0) is 32.2 Å². The lowest BCUT2D eigenvalue weighted by molar-refractivity contribution is -0.137. The predicted octanol–water partition coefficient (Wildman–Crippen LogP) is 1.10. The van der Waals surface area contributed by atoms with E-state index in [9.17, 15) is 4.79 Å². The van der Waals surface area contributed by atoms with Crippen molar-refractivity contribution in [3.05, 3.63) is 0 Å². The maximum atomic E-state index is 10.3. The van der Waals surface area contributed by atoms with Gasteiger partial charge < -0.3 is 9.84 Å². The molecule has 0 aromatic carbocycles. The molecular formula is C11H19NO3. The molecule has 0 radical (unpaired) electrons. The zero-order valence-electron chi connectivity index (χ0n) is 9.02. The first-order valence-electron chi connectivity index (χ1n) is 5.83. The van der Waals surface area contributed by atoms with E-state index in [0.717, 1.165) is 32.5 Å².